The summed E-state index contributed by atoms with van der Waals surface area (Å²) in [4.78, 5) is 4.78. The molecule has 0 amide bonds. The largest absolute Gasteiger partial charge is 0.252 e. The van der Waals surface area contributed by atoms with Crippen molar-refractivity contribution in [3.63, 3.8) is 0 Å². The molecule has 0 aliphatic heterocycles. The lowest BCUT2D eigenvalue weighted by molar-refractivity contribution is -0.301. The molecular formula is C17H34O2. The van der Waals surface area contributed by atoms with Crippen molar-refractivity contribution in [3.8, 4) is 0 Å². The van der Waals surface area contributed by atoms with Gasteiger partial charge >= 0.3 is 0 Å². The third kappa shape index (κ3) is 3.95. The molecule has 0 aromatic carbocycles. The molecule has 114 valence electrons. The fourth-order valence-electron chi connectivity index (χ4n) is 4.14. The third-order valence-corrected chi connectivity index (χ3v) is 5.17. The molecule has 0 aromatic heterocycles. The molecule has 3 atom stereocenters. The standard InChI is InChI=1S/C17H34O2/c1-11-9-13(16(3,4)5)15(12(2)19-18)14(10-11)17(6,7)8/h11-15,18H,9-10H2,1-8H3. The van der Waals surface area contributed by atoms with Crippen molar-refractivity contribution in [2.24, 2.45) is 34.5 Å². The normalized spacial score (nSPS) is 35.2. The predicted octanol–water partition coefficient (Wildman–Crippen LogP) is 5.24. The van der Waals surface area contributed by atoms with Crippen LogP contribution in [0, 0.1) is 34.5 Å². The number of rotatable bonds is 2. The molecule has 0 bridgehead atoms. The monoisotopic (exact) mass is 270 g/mol. The van der Waals surface area contributed by atoms with Crippen LogP contribution in [0.5, 0.6) is 0 Å². The van der Waals surface area contributed by atoms with Crippen LogP contribution in [0.25, 0.3) is 0 Å². The lowest BCUT2D eigenvalue weighted by atomic mass is 9.54. The van der Waals surface area contributed by atoms with Gasteiger partial charge in [-0.25, -0.2) is 4.89 Å². The molecule has 2 heteroatoms. The highest BCUT2D eigenvalue weighted by Gasteiger charge is 2.48. The van der Waals surface area contributed by atoms with Gasteiger partial charge in [-0.05, 0) is 54.3 Å². The highest BCUT2D eigenvalue weighted by Crippen LogP contribution is 2.53. The van der Waals surface area contributed by atoms with Crippen LogP contribution in [0.1, 0.15) is 68.2 Å². The van der Waals surface area contributed by atoms with E-state index in [1.54, 1.807) is 0 Å². The smallest absolute Gasteiger partial charge is 0.0933 e. The summed E-state index contributed by atoms with van der Waals surface area (Å²) in [7, 11) is 0. The van der Waals surface area contributed by atoms with E-state index < -0.39 is 0 Å². The van der Waals surface area contributed by atoms with E-state index in [1.165, 1.54) is 12.8 Å². The minimum absolute atomic E-state index is 0.0825. The Morgan fingerprint density at radius 2 is 1.32 bits per heavy atom. The van der Waals surface area contributed by atoms with Crippen LogP contribution < -0.4 is 0 Å². The summed E-state index contributed by atoms with van der Waals surface area (Å²) >= 11 is 0. The quantitative estimate of drug-likeness (QED) is 0.549. The Morgan fingerprint density at radius 1 is 0.947 bits per heavy atom. The Kier molecular flexibility index (Phi) is 5.12. The first-order valence-corrected chi connectivity index (χ1v) is 7.78. The summed E-state index contributed by atoms with van der Waals surface area (Å²) in [5, 5.41) is 9.22. The second-order valence-electron chi connectivity index (χ2n) is 8.91. The average Bonchev–Trinajstić information content (AvgIpc) is 2.24. The summed E-state index contributed by atoms with van der Waals surface area (Å²) in [6.45, 7) is 18.4. The van der Waals surface area contributed by atoms with Crippen molar-refractivity contribution in [3.05, 3.63) is 0 Å². The molecule has 1 saturated carbocycles. The van der Waals surface area contributed by atoms with Crippen LogP contribution in [0.3, 0.4) is 0 Å². The van der Waals surface area contributed by atoms with Crippen LogP contribution in [0.2, 0.25) is 0 Å². The van der Waals surface area contributed by atoms with Crippen molar-refractivity contribution in [2.75, 3.05) is 0 Å². The van der Waals surface area contributed by atoms with Gasteiger partial charge in [0.05, 0.1) is 6.10 Å². The van der Waals surface area contributed by atoms with E-state index in [0.717, 1.165) is 5.92 Å². The number of hydrogen-bond donors (Lipinski definition) is 1. The van der Waals surface area contributed by atoms with Gasteiger partial charge in [0.25, 0.3) is 0 Å². The second-order valence-corrected chi connectivity index (χ2v) is 8.91. The van der Waals surface area contributed by atoms with Crippen molar-refractivity contribution in [2.45, 2.75) is 74.3 Å². The van der Waals surface area contributed by atoms with Crippen LogP contribution in [0.15, 0.2) is 0 Å². The van der Waals surface area contributed by atoms with Crippen LogP contribution in [-0.4, -0.2) is 11.4 Å². The molecule has 0 spiro atoms. The molecule has 1 aliphatic rings. The second kappa shape index (κ2) is 5.73. The maximum Gasteiger partial charge on any atom is 0.0933 e. The van der Waals surface area contributed by atoms with Crippen LogP contribution >= 0.6 is 0 Å². The summed E-state index contributed by atoms with van der Waals surface area (Å²) in [6.07, 6.45) is 2.41. The first kappa shape index (κ1) is 17.0. The predicted molar refractivity (Wildman–Crippen MR) is 81.0 cm³/mol. The van der Waals surface area contributed by atoms with E-state index in [-0.39, 0.29) is 16.9 Å². The zero-order chi connectivity index (χ0) is 15.0. The summed E-state index contributed by atoms with van der Waals surface area (Å²) in [5.74, 6) is 2.39. The number of hydrogen-bond acceptors (Lipinski definition) is 2. The van der Waals surface area contributed by atoms with Crippen molar-refractivity contribution >= 4 is 0 Å². The molecule has 19 heavy (non-hydrogen) atoms. The van der Waals surface area contributed by atoms with Crippen LogP contribution in [-0.2, 0) is 4.89 Å². The Labute approximate surface area is 119 Å². The SMILES string of the molecule is CC1CC(C(C)(C)C)C(C(C)OO)C(C(C)(C)C)C1. The highest BCUT2D eigenvalue weighted by atomic mass is 17.1. The molecule has 0 heterocycles. The zero-order valence-electron chi connectivity index (χ0n) is 14.2. The van der Waals surface area contributed by atoms with E-state index in [1.807, 2.05) is 6.92 Å². The first-order chi connectivity index (χ1) is 8.48. The van der Waals surface area contributed by atoms with Gasteiger partial charge in [-0.15, -0.1) is 0 Å². The van der Waals surface area contributed by atoms with E-state index in [0.29, 0.717) is 17.8 Å². The van der Waals surface area contributed by atoms with Gasteiger partial charge in [0.2, 0.25) is 0 Å². The van der Waals surface area contributed by atoms with Gasteiger partial charge in [0, 0.05) is 0 Å². The summed E-state index contributed by atoms with van der Waals surface area (Å²) in [6, 6.07) is 0. The topological polar surface area (TPSA) is 29.5 Å². The van der Waals surface area contributed by atoms with E-state index in [2.05, 4.69) is 48.5 Å². The molecule has 0 radical (unpaired) electrons. The third-order valence-electron chi connectivity index (χ3n) is 5.17. The van der Waals surface area contributed by atoms with Crippen LogP contribution in [0.4, 0.5) is 0 Å². The lowest BCUT2D eigenvalue weighted by Gasteiger charge is -2.52. The zero-order valence-corrected chi connectivity index (χ0v) is 14.2. The van der Waals surface area contributed by atoms with E-state index in [9.17, 15) is 5.26 Å². The molecule has 0 aromatic rings. The van der Waals surface area contributed by atoms with Gasteiger partial charge in [-0.1, -0.05) is 48.5 Å². The molecule has 2 nitrogen and oxygen atoms in total. The van der Waals surface area contributed by atoms with E-state index >= 15 is 0 Å². The van der Waals surface area contributed by atoms with Gasteiger partial charge in [-0.3, -0.25) is 5.26 Å². The maximum absolute atomic E-state index is 9.22. The van der Waals surface area contributed by atoms with Crippen molar-refractivity contribution in [1.29, 1.82) is 0 Å². The molecule has 0 saturated heterocycles. The van der Waals surface area contributed by atoms with Crippen molar-refractivity contribution < 1.29 is 10.1 Å². The fourth-order valence-corrected chi connectivity index (χ4v) is 4.14. The minimum atomic E-state index is -0.0825. The highest BCUT2D eigenvalue weighted by molar-refractivity contribution is 4.96. The van der Waals surface area contributed by atoms with Crippen molar-refractivity contribution in [1.82, 2.24) is 0 Å². The summed E-state index contributed by atoms with van der Waals surface area (Å²) in [5.41, 5.74) is 0.519. The molecule has 1 aliphatic carbocycles. The molecule has 3 unspecified atom stereocenters. The molecule has 1 rings (SSSR count). The Hall–Kier alpha value is -0.0800. The maximum atomic E-state index is 9.22. The summed E-state index contributed by atoms with van der Waals surface area (Å²) < 4.78 is 0. The fraction of sp³-hybridized carbons (Fsp3) is 1.00. The Bertz CT molecular complexity index is 261. The molecule has 1 fully saturated rings. The van der Waals surface area contributed by atoms with Gasteiger partial charge < -0.3 is 0 Å². The van der Waals surface area contributed by atoms with Gasteiger partial charge in [0.1, 0.15) is 0 Å². The first-order valence-electron chi connectivity index (χ1n) is 7.78. The van der Waals surface area contributed by atoms with Gasteiger partial charge in [-0.2, -0.15) is 0 Å². The molecular weight excluding hydrogens is 236 g/mol. The Morgan fingerprint density at radius 3 is 1.58 bits per heavy atom. The minimum Gasteiger partial charge on any atom is -0.252 e. The van der Waals surface area contributed by atoms with Gasteiger partial charge in [0.15, 0.2) is 0 Å². The average molecular weight is 270 g/mol. The lowest BCUT2D eigenvalue weighted by Crippen LogP contribution is -2.48. The Balaban J connectivity index is 3.14. The van der Waals surface area contributed by atoms with E-state index in [4.69, 9.17) is 4.89 Å². The molecule has 1 N–H and O–H groups in total.